The molecule has 2 rings (SSSR count). The quantitative estimate of drug-likeness (QED) is 0.519. The van der Waals surface area contributed by atoms with Crippen LogP contribution in [0.25, 0.3) is 0 Å². The third-order valence-electron chi connectivity index (χ3n) is 4.57. The molecule has 1 fully saturated rings. The molecular formula is C19H27N3O4. The number of aryl methyl sites for hydroxylation is 1. The van der Waals surface area contributed by atoms with Crippen molar-refractivity contribution < 1.29 is 19.1 Å². The highest BCUT2D eigenvalue weighted by Crippen LogP contribution is 2.23. The van der Waals surface area contributed by atoms with E-state index < -0.39 is 11.6 Å². The number of benzene rings is 1. The number of urea groups is 1. The van der Waals surface area contributed by atoms with E-state index >= 15 is 0 Å². The lowest BCUT2D eigenvalue weighted by molar-refractivity contribution is -0.134. The Labute approximate surface area is 154 Å². The molecule has 1 aliphatic rings. The van der Waals surface area contributed by atoms with E-state index in [1.54, 1.807) is 14.0 Å². The molecule has 0 aromatic heterocycles. The van der Waals surface area contributed by atoms with Gasteiger partial charge in [-0.05, 0) is 43.9 Å². The largest absolute Gasteiger partial charge is 0.497 e. The van der Waals surface area contributed by atoms with Crippen LogP contribution in [0.2, 0.25) is 0 Å². The second-order valence-electron chi connectivity index (χ2n) is 6.71. The van der Waals surface area contributed by atoms with Crippen molar-refractivity contribution in [3.63, 3.8) is 0 Å². The summed E-state index contributed by atoms with van der Waals surface area (Å²) in [5.74, 6) is 0.0912. The first-order chi connectivity index (χ1) is 12.4. The zero-order chi connectivity index (χ0) is 19.2. The van der Waals surface area contributed by atoms with Gasteiger partial charge in [0.25, 0.3) is 5.91 Å². The molecular weight excluding hydrogens is 334 g/mol. The van der Waals surface area contributed by atoms with E-state index in [0.717, 1.165) is 29.1 Å². The van der Waals surface area contributed by atoms with Gasteiger partial charge in [-0.25, -0.2) is 4.79 Å². The zero-order valence-electron chi connectivity index (χ0n) is 15.6. The fraction of sp³-hybridized carbons (Fsp3) is 0.526. The number of imide groups is 1. The molecule has 1 heterocycles. The molecule has 7 nitrogen and oxygen atoms in total. The first-order valence-electron chi connectivity index (χ1n) is 8.93. The molecule has 0 radical (unpaired) electrons. The Morgan fingerprint density at radius 1 is 1.27 bits per heavy atom. The topological polar surface area (TPSA) is 87.7 Å². The Balaban J connectivity index is 1.93. The molecule has 26 heavy (non-hydrogen) atoms. The van der Waals surface area contributed by atoms with Gasteiger partial charge in [0.15, 0.2) is 0 Å². The lowest BCUT2D eigenvalue weighted by Gasteiger charge is -2.21. The summed E-state index contributed by atoms with van der Waals surface area (Å²) in [7, 11) is 1.61. The fourth-order valence-electron chi connectivity index (χ4n) is 2.85. The SMILES string of the molecule is CCCCNC(=O)CN1C(=O)N[C@@](C)(CCc2ccc(OC)cc2)C1=O. The molecule has 142 valence electrons. The maximum Gasteiger partial charge on any atom is 0.325 e. The van der Waals surface area contributed by atoms with E-state index in [9.17, 15) is 14.4 Å². The third-order valence-corrected chi connectivity index (χ3v) is 4.57. The first kappa shape index (κ1) is 19.8. The summed E-state index contributed by atoms with van der Waals surface area (Å²) in [6.45, 7) is 4.03. The highest BCUT2D eigenvalue weighted by atomic mass is 16.5. The number of methoxy groups -OCH3 is 1. The van der Waals surface area contributed by atoms with Crippen LogP contribution in [-0.2, 0) is 16.0 Å². The van der Waals surface area contributed by atoms with Crippen molar-refractivity contribution >= 4 is 17.8 Å². The number of rotatable bonds is 9. The van der Waals surface area contributed by atoms with Gasteiger partial charge in [-0.15, -0.1) is 0 Å². The normalized spacial score (nSPS) is 19.4. The van der Waals surface area contributed by atoms with E-state index in [2.05, 4.69) is 10.6 Å². The summed E-state index contributed by atoms with van der Waals surface area (Å²) >= 11 is 0. The van der Waals surface area contributed by atoms with Gasteiger partial charge in [-0.1, -0.05) is 25.5 Å². The predicted molar refractivity (Wildman–Crippen MR) is 97.9 cm³/mol. The van der Waals surface area contributed by atoms with Crippen LogP contribution in [-0.4, -0.2) is 48.5 Å². The van der Waals surface area contributed by atoms with Gasteiger partial charge in [0, 0.05) is 6.54 Å². The number of hydrogen-bond donors (Lipinski definition) is 2. The van der Waals surface area contributed by atoms with Crippen LogP contribution in [0.15, 0.2) is 24.3 Å². The molecule has 1 atom stereocenters. The second-order valence-corrected chi connectivity index (χ2v) is 6.71. The van der Waals surface area contributed by atoms with Gasteiger partial charge in [-0.2, -0.15) is 0 Å². The Kier molecular flexibility index (Phi) is 6.60. The zero-order valence-corrected chi connectivity index (χ0v) is 15.6. The Morgan fingerprint density at radius 3 is 2.58 bits per heavy atom. The minimum Gasteiger partial charge on any atom is -0.497 e. The number of amides is 4. The van der Waals surface area contributed by atoms with Crippen molar-refractivity contribution in [1.29, 1.82) is 0 Å². The smallest absolute Gasteiger partial charge is 0.325 e. The van der Waals surface area contributed by atoms with E-state index in [0.29, 0.717) is 19.4 Å². The summed E-state index contributed by atoms with van der Waals surface area (Å²) in [4.78, 5) is 37.7. The van der Waals surface area contributed by atoms with E-state index in [4.69, 9.17) is 4.74 Å². The van der Waals surface area contributed by atoms with Crippen LogP contribution in [0.5, 0.6) is 5.75 Å². The molecule has 0 bridgehead atoms. The van der Waals surface area contributed by atoms with Crippen molar-refractivity contribution in [3.8, 4) is 5.75 Å². The molecule has 1 aromatic rings. The molecule has 0 spiro atoms. The first-order valence-corrected chi connectivity index (χ1v) is 8.93. The number of ether oxygens (including phenoxy) is 1. The number of carbonyl (C=O) groups excluding carboxylic acids is 3. The summed E-state index contributed by atoms with van der Waals surface area (Å²) in [5.41, 5.74) is 0.0468. The molecule has 0 saturated carbocycles. The number of unbranched alkanes of at least 4 members (excludes halogenated alkanes) is 1. The van der Waals surface area contributed by atoms with E-state index in [1.165, 1.54) is 0 Å². The minimum absolute atomic E-state index is 0.244. The van der Waals surface area contributed by atoms with E-state index in [-0.39, 0.29) is 18.4 Å². The average molecular weight is 361 g/mol. The third kappa shape index (κ3) is 4.74. The maximum atomic E-state index is 12.7. The van der Waals surface area contributed by atoms with Crippen LogP contribution >= 0.6 is 0 Å². The van der Waals surface area contributed by atoms with Crippen molar-refractivity contribution in [3.05, 3.63) is 29.8 Å². The van der Waals surface area contributed by atoms with Gasteiger partial charge in [0.05, 0.1) is 7.11 Å². The fourth-order valence-corrected chi connectivity index (χ4v) is 2.85. The van der Waals surface area contributed by atoms with Crippen molar-refractivity contribution in [2.24, 2.45) is 0 Å². The lowest BCUT2D eigenvalue weighted by Crippen LogP contribution is -2.45. The molecule has 1 aliphatic heterocycles. The number of nitrogens with zero attached hydrogens (tertiary/aromatic N) is 1. The molecule has 1 aromatic carbocycles. The molecule has 4 amide bonds. The maximum absolute atomic E-state index is 12.7. The monoisotopic (exact) mass is 361 g/mol. The van der Waals surface area contributed by atoms with Crippen LogP contribution in [0.3, 0.4) is 0 Å². The standard InChI is InChI=1S/C19H27N3O4/c1-4-5-12-20-16(23)13-22-17(24)19(2,21-18(22)25)11-10-14-6-8-15(26-3)9-7-14/h6-9H,4-5,10-13H2,1-3H3,(H,20,23)(H,21,25)/t19-/m0/s1. The number of nitrogens with one attached hydrogen (secondary N) is 2. The average Bonchev–Trinajstić information content (AvgIpc) is 2.84. The summed E-state index contributed by atoms with van der Waals surface area (Å²) in [6, 6.07) is 7.07. The van der Waals surface area contributed by atoms with Gasteiger partial charge < -0.3 is 15.4 Å². The van der Waals surface area contributed by atoms with Gasteiger partial charge in [-0.3, -0.25) is 14.5 Å². The van der Waals surface area contributed by atoms with Crippen molar-refractivity contribution in [2.45, 2.75) is 45.1 Å². The molecule has 0 aliphatic carbocycles. The Hall–Kier alpha value is -2.57. The molecule has 7 heteroatoms. The Morgan fingerprint density at radius 2 is 1.96 bits per heavy atom. The Bertz CT molecular complexity index is 659. The van der Waals surface area contributed by atoms with E-state index in [1.807, 2.05) is 31.2 Å². The number of carbonyl (C=O) groups is 3. The summed E-state index contributed by atoms with van der Waals surface area (Å²) in [6.07, 6.45) is 2.92. The summed E-state index contributed by atoms with van der Waals surface area (Å²) in [5, 5.41) is 5.45. The molecule has 0 unspecified atom stereocenters. The van der Waals surface area contributed by atoms with Gasteiger partial charge in [0.2, 0.25) is 5.91 Å². The number of hydrogen-bond acceptors (Lipinski definition) is 4. The summed E-state index contributed by atoms with van der Waals surface area (Å²) < 4.78 is 5.13. The van der Waals surface area contributed by atoms with Crippen molar-refractivity contribution in [2.75, 3.05) is 20.2 Å². The van der Waals surface area contributed by atoms with Crippen LogP contribution in [0, 0.1) is 0 Å². The predicted octanol–water partition coefficient (Wildman–Crippen LogP) is 1.85. The van der Waals surface area contributed by atoms with Crippen LogP contribution in [0.1, 0.15) is 38.7 Å². The second kappa shape index (κ2) is 8.69. The highest BCUT2D eigenvalue weighted by molar-refractivity contribution is 6.08. The molecule has 2 N–H and O–H groups in total. The highest BCUT2D eigenvalue weighted by Gasteiger charge is 2.47. The van der Waals surface area contributed by atoms with Crippen LogP contribution in [0.4, 0.5) is 4.79 Å². The molecule has 1 saturated heterocycles. The van der Waals surface area contributed by atoms with Crippen molar-refractivity contribution in [1.82, 2.24) is 15.5 Å². The van der Waals surface area contributed by atoms with Gasteiger partial charge in [0.1, 0.15) is 17.8 Å². The van der Waals surface area contributed by atoms with Crippen LogP contribution < -0.4 is 15.4 Å². The van der Waals surface area contributed by atoms with Gasteiger partial charge >= 0.3 is 6.03 Å². The minimum atomic E-state index is -0.999. The lowest BCUT2D eigenvalue weighted by atomic mass is 9.93.